The van der Waals surface area contributed by atoms with E-state index in [4.69, 9.17) is 0 Å². The first-order valence-electron chi connectivity index (χ1n) is 6.73. The summed E-state index contributed by atoms with van der Waals surface area (Å²) in [5.74, 6) is 0.474. The number of hydrogen-bond acceptors (Lipinski definition) is 3. The molecule has 5 nitrogen and oxygen atoms in total. The van der Waals surface area contributed by atoms with Gasteiger partial charge in [0.2, 0.25) is 0 Å². The Morgan fingerprint density at radius 3 is 3.00 bits per heavy atom. The molecule has 3 rings (SSSR count). The maximum absolute atomic E-state index is 11.3. The first-order chi connectivity index (χ1) is 8.68. The van der Waals surface area contributed by atoms with Crippen molar-refractivity contribution in [2.45, 2.75) is 44.6 Å². The predicted molar refractivity (Wildman–Crippen MR) is 67.1 cm³/mol. The molecule has 0 amide bonds. The summed E-state index contributed by atoms with van der Waals surface area (Å²) in [7, 11) is 0. The van der Waals surface area contributed by atoms with Gasteiger partial charge < -0.3 is 15.0 Å². The third kappa shape index (κ3) is 1.73. The normalized spacial score (nSPS) is 27.2. The highest BCUT2D eigenvalue weighted by Gasteiger charge is 2.31. The molecule has 1 fully saturated rings. The van der Waals surface area contributed by atoms with E-state index in [-0.39, 0.29) is 5.69 Å². The van der Waals surface area contributed by atoms with Gasteiger partial charge in [0.15, 0.2) is 5.69 Å². The maximum atomic E-state index is 11.3. The number of nitrogens with one attached hydrogen (secondary N) is 1. The number of nitrogens with zero attached hydrogens (tertiary/aromatic N) is 2. The summed E-state index contributed by atoms with van der Waals surface area (Å²) in [4.78, 5) is 15.8. The molecule has 2 aliphatic heterocycles. The summed E-state index contributed by atoms with van der Waals surface area (Å²) in [6, 6.07) is 0.380. The second-order valence-electron chi connectivity index (χ2n) is 5.37. The lowest BCUT2D eigenvalue weighted by Crippen LogP contribution is -2.20. The third-order valence-electron chi connectivity index (χ3n) is 4.14. The fourth-order valence-corrected chi connectivity index (χ4v) is 3.24. The molecule has 2 atom stereocenters. The Balaban J connectivity index is 2.10. The molecule has 3 heterocycles. The number of carboxylic acid groups (broad SMARTS) is 1. The zero-order valence-corrected chi connectivity index (χ0v) is 10.6. The third-order valence-corrected chi connectivity index (χ3v) is 4.14. The topological polar surface area (TPSA) is 67.2 Å². The Hall–Kier alpha value is -1.36. The summed E-state index contributed by atoms with van der Waals surface area (Å²) in [6.45, 7) is 4.09. The molecule has 0 aromatic carbocycles. The molecular weight excluding hydrogens is 230 g/mol. The van der Waals surface area contributed by atoms with Crippen LogP contribution in [0.4, 0.5) is 0 Å². The number of aromatic nitrogens is 2. The molecule has 18 heavy (non-hydrogen) atoms. The number of hydrogen-bond donors (Lipinski definition) is 2. The van der Waals surface area contributed by atoms with Crippen molar-refractivity contribution in [3.8, 4) is 0 Å². The van der Waals surface area contributed by atoms with Gasteiger partial charge in [-0.15, -0.1) is 0 Å². The zero-order valence-electron chi connectivity index (χ0n) is 10.6. The van der Waals surface area contributed by atoms with Crippen molar-refractivity contribution < 1.29 is 9.90 Å². The van der Waals surface area contributed by atoms with E-state index in [1.165, 1.54) is 0 Å². The van der Waals surface area contributed by atoms with E-state index in [9.17, 15) is 9.90 Å². The van der Waals surface area contributed by atoms with Crippen molar-refractivity contribution >= 4 is 5.97 Å². The first-order valence-corrected chi connectivity index (χ1v) is 6.73. The highest BCUT2D eigenvalue weighted by Crippen LogP contribution is 2.33. The van der Waals surface area contributed by atoms with Gasteiger partial charge in [-0.2, -0.15) is 0 Å². The number of rotatable bonds is 2. The number of imidazole rings is 1. The minimum atomic E-state index is -0.884. The molecule has 0 spiro atoms. The molecule has 1 saturated heterocycles. The van der Waals surface area contributed by atoms with Crippen LogP contribution >= 0.6 is 0 Å². The average molecular weight is 249 g/mol. The lowest BCUT2D eigenvalue weighted by molar-refractivity contribution is 0.0689. The van der Waals surface area contributed by atoms with Crippen molar-refractivity contribution in [3.05, 3.63) is 17.2 Å². The number of aromatic carboxylic acids is 1. The van der Waals surface area contributed by atoms with Crippen LogP contribution in [0.3, 0.4) is 0 Å². The van der Waals surface area contributed by atoms with Crippen molar-refractivity contribution in [2.24, 2.45) is 0 Å². The standard InChI is InChI=1S/C13H19N3O2/c1-8-3-2-4-10-11(13(17)18)15-12(16(8)10)9-5-6-14-7-9/h8-9,14H,2-7H2,1H3,(H,17,18). The van der Waals surface area contributed by atoms with E-state index < -0.39 is 5.97 Å². The quantitative estimate of drug-likeness (QED) is 0.834. The lowest BCUT2D eigenvalue weighted by Gasteiger charge is -2.25. The van der Waals surface area contributed by atoms with Crippen LogP contribution in [0.2, 0.25) is 0 Å². The van der Waals surface area contributed by atoms with Gasteiger partial charge in [0, 0.05) is 18.5 Å². The number of fused-ring (bicyclic) bond motifs is 1. The van der Waals surface area contributed by atoms with Crippen LogP contribution in [0.15, 0.2) is 0 Å². The maximum Gasteiger partial charge on any atom is 0.356 e. The minimum absolute atomic E-state index is 0.281. The Morgan fingerprint density at radius 1 is 1.50 bits per heavy atom. The summed E-state index contributed by atoms with van der Waals surface area (Å²) in [5.41, 5.74) is 1.21. The molecule has 0 saturated carbocycles. The minimum Gasteiger partial charge on any atom is -0.476 e. The SMILES string of the molecule is CC1CCCc2c(C(=O)O)nc(C3CCNC3)n21. The van der Waals surface area contributed by atoms with E-state index in [1.54, 1.807) is 0 Å². The zero-order chi connectivity index (χ0) is 12.7. The summed E-state index contributed by atoms with van der Waals surface area (Å²) < 4.78 is 2.20. The van der Waals surface area contributed by atoms with E-state index in [2.05, 4.69) is 21.8 Å². The van der Waals surface area contributed by atoms with Crippen molar-refractivity contribution in [3.63, 3.8) is 0 Å². The van der Waals surface area contributed by atoms with Gasteiger partial charge in [0.05, 0.1) is 5.69 Å². The molecular formula is C13H19N3O2. The van der Waals surface area contributed by atoms with Crippen molar-refractivity contribution in [2.75, 3.05) is 13.1 Å². The van der Waals surface area contributed by atoms with Gasteiger partial charge in [0.25, 0.3) is 0 Å². The largest absolute Gasteiger partial charge is 0.476 e. The smallest absolute Gasteiger partial charge is 0.356 e. The van der Waals surface area contributed by atoms with Gasteiger partial charge in [-0.1, -0.05) is 0 Å². The second kappa shape index (κ2) is 4.39. The molecule has 1 aromatic heterocycles. The van der Waals surface area contributed by atoms with Crippen LogP contribution in [0.5, 0.6) is 0 Å². The van der Waals surface area contributed by atoms with Crippen LogP contribution < -0.4 is 5.32 Å². The van der Waals surface area contributed by atoms with Gasteiger partial charge in [-0.05, 0) is 39.2 Å². The van der Waals surface area contributed by atoms with E-state index in [0.29, 0.717) is 12.0 Å². The van der Waals surface area contributed by atoms with E-state index in [1.807, 2.05) is 0 Å². The van der Waals surface area contributed by atoms with Crippen LogP contribution in [0, 0.1) is 0 Å². The fraction of sp³-hybridized carbons (Fsp3) is 0.692. The Kier molecular flexibility index (Phi) is 2.86. The van der Waals surface area contributed by atoms with Gasteiger partial charge in [-0.3, -0.25) is 0 Å². The van der Waals surface area contributed by atoms with Crippen molar-refractivity contribution in [1.29, 1.82) is 0 Å². The first kappa shape index (κ1) is 11.7. The van der Waals surface area contributed by atoms with Crippen LogP contribution in [0.1, 0.15) is 60.2 Å². The molecule has 0 bridgehead atoms. The Labute approximate surface area is 106 Å². The highest BCUT2D eigenvalue weighted by atomic mass is 16.4. The molecule has 2 N–H and O–H groups in total. The highest BCUT2D eigenvalue weighted by molar-refractivity contribution is 5.87. The monoisotopic (exact) mass is 249 g/mol. The van der Waals surface area contributed by atoms with Crippen LogP contribution in [-0.4, -0.2) is 33.7 Å². The van der Waals surface area contributed by atoms with Gasteiger partial charge >= 0.3 is 5.97 Å². The molecule has 5 heteroatoms. The summed E-state index contributed by atoms with van der Waals surface area (Å²) >= 11 is 0. The van der Waals surface area contributed by atoms with Crippen molar-refractivity contribution in [1.82, 2.24) is 14.9 Å². The average Bonchev–Trinajstić information content (AvgIpc) is 2.95. The van der Waals surface area contributed by atoms with Crippen LogP contribution in [0.25, 0.3) is 0 Å². The molecule has 2 unspecified atom stereocenters. The van der Waals surface area contributed by atoms with E-state index in [0.717, 1.165) is 50.3 Å². The predicted octanol–water partition coefficient (Wildman–Crippen LogP) is 1.56. The summed E-state index contributed by atoms with van der Waals surface area (Å²) in [6.07, 6.45) is 4.09. The number of carbonyl (C=O) groups is 1. The molecule has 0 aliphatic carbocycles. The second-order valence-corrected chi connectivity index (χ2v) is 5.37. The number of carboxylic acids is 1. The Morgan fingerprint density at radius 2 is 2.33 bits per heavy atom. The molecule has 98 valence electrons. The van der Waals surface area contributed by atoms with Gasteiger partial charge in [-0.25, -0.2) is 9.78 Å². The molecule has 2 aliphatic rings. The van der Waals surface area contributed by atoms with Crippen LogP contribution in [-0.2, 0) is 6.42 Å². The summed E-state index contributed by atoms with van der Waals surface area (Å²) in [5, 5.41) is 12.6. The molecule has 1 aromatic rings. The van der Waals surface area contributed by atoms with E-state index >= 15 is 0 Å². The van der Waals surface area contributed by atoms with Gasteiger partial charge in [0.1, 0.15) is 5.82 Å². The Bertz CT molecular complexity index is 475. The fourth-order valence-electron chi connectivity index (χ4n) is 3.24. The molecule has 0 radical (unpaired) electrons. The lowest BCUT2D eigenvalue weighted by atomic mass is 10.0.